The minimum atomic E-state index is 0.145. The van der Waals surface area contributed by atoms with Crippen molar-refractivity contribution in [3.63, 3.8) is 0 Å². The van der Waals surface area contributed by atoms with Crippen molar-refractivity contribution in [2.75, 3.05) is 14.2 Å². The van der Waals surface area contributed by atoms with Gasteiger partial charge in [-0.15, -0.1) is 0 Å². The summed E-state index contributed by atoms with van der Waals surface area (Å²) in [6.45, 7) is 9.75. The Hall–Kier alpha value is -2.47. The predicted molar refractivity (Wildman–Crippen MR) is 147 cm³/mol. The van der Waals surface area contributed by atoms with Gasteiger partial charge in [0.2, 0.25) is 0 Å². The van der Waals surface area contributed by atoms with Crippen LogP contribution in [0.25, 0.3) is 10.9 Å². The van der Waals surface area contributed by atoms with Gasteiger partial charge in [0.15, 0.2) is 16.7 Å². The van der Waals surface area contributed by atoms with Gasteiger partial charge in [0, 0.05) is 23.8 Å². The van der Waals surface area contributed by atoms with Crippen molar-refractivity contribution < 1.29 is 9.47 Å². The van der Waals surface area contributed by atoms with Crippen LogP contribution in [0.4, 0.5) is 0 Å². The standard InChI is InChI=1S/C29H41N3O2S/c1-7-8-9-10-11-12-17-32-27(30)23-18-25(33-5)26(34-6)19-24(23)31-28(32)35-20-21-13-15-22(16-14-21)29(2,3)4/h13-16,18-19,30H,7-12,17,20H2,1-6H3. The first-order valence-electron chi connectivity index (χ1n) is 12.7. The molecule has 1 N–H and O–H groups in total. The lowest BCUT2D eigenvalue weighted by molar-refractivity contribution is 0.355. The van der Waals surface area contributed by atoms with Crippen LogP contribution < -0.4 is 15.0 Å². The van der Waals surface area contributed by atoms with Crippen molar-refractivity contribution in [3.05, 3.63) is 53.0 Å². The largest absolute Gasteiger partial charge is 0.493 e. The molecule has 0 aliphatic rings. The number of benzene rings is 2. The number of rotatable bonds is 12. The minimum absolute atomic E-state index is 0.145. The van der Waals surface area contributed by atoms with E-state index in [2.05, 4.69) is 56.5 Å². The fourth-order valence-corrected chi connectivity index (χ4v) is 5.16. The van der Waals surface area contributed by atoms with E-state index in [1.807, 2.05) is 12.1 Å². The Morgan fingerprint density at radius 2 is 1.54 bits per heavy atom. The maximum absolute atomic E-state index is 9.02. The number of hydrogen-bond donors (Lipinski definition) is 1. The first kappa shape index (κ1) is 27.1. The first-order valence-corrected chi connectivity index (χ1v) is 13.7. The molecule has 0 saturated heterocycles. The molecule has 3 rings (SSSR count). The Balaban J connectivity index is 1.89. The molecule has 0 spiro atoms. The van der Waals surface area contributed by atoms with E-state index in [9.17, 15) is 0 Å². The van der Waals surface area contributed by atoms with Gasteiger partial charge in [-0.2, -0.15) is 0 Å². The highest BCUT2D eigenvalue weighted by atomic mass is 32.2. The fourth-order valence-electron chi connectivity index (χ4n) is 4.17. The third-order valence-corrected chi connectivity index (χ3v) is 7.44. The maximum atomic E-state index is 9.02. The molecule has 0 fully saturated rings. The van der Waals surface area contributed by atoms with E-state index < -0.39 is 0 Å². The molecule has 1 aromatic heterocycles. The molecule has 0 saturated carbocycles. The molecule has 190 valence electrons. The molecule has 35 heavy (non-hydrogen) atoms. The molecule has 1 heterocycles. The number of unbranched alkanes of at least 4 members (excludes halogenated alkanes) is 5. The van der Waals surface area contributed by atoms with Crippen LogP contribution >= 0.6 is 11.8 Å². The summed E-state index contributed by atoms with van der Waals surface area (Å²) in [6.07, 6.45) is 7.31. The lowest BCUT2D eigenvalue weighted by Gasteiger charge is -2.19. The van der Waals surface area contributed by atoms with E-state index >= 15 is 0 Å². The van der Waals surface area contributed by atoms with E-state index in [4.69, 9.17) is 19.9 Å². The lowest BCUT2D eigenvalue weighted by Crippen LogP contribution is -2.24. The summed E-state index contributed by atoms with van der Waals surface area (Å²) in [5.74, 6) is 2.07. The van der Waals surface area contributed by atoms with Crippen LogP contribution in [0.1, 0.15) is 77.3 Å². The Morgan fingerprint density at radius 3 is 2.17 bits per heavy atom. The monoisotopic (exact) mass is 495 g/mol. The van der Waals surface area contributed by atoms with Crippen LogP contribution in [0.5, 0.6) is 11.5 Å². The zero-order valence-electron chi connectivity index (χ0n) is 22.2. The van der Waals surface area contributed by atoms with E-state index in [0.29, 0.717) is 17.0 Å². The van der Waals surface area contributed by atoms with Gasteiger partial charge in [-0.25, -0.2) is 4.98 Å². The van der Waals surface area contributed by atoms with Gasteiger partial charge >= 0.3 is 0 Å². The zero-order chi connectivity index (χ0) is 25.4. The van der Waals surface area contributed by atoms with Crippen LogP contribution in [0, 0.1) is 5.41 Å². The van der Waals surface area contributed by atoms with Crippen LogP contribution in [0.15, 0.2) is 41.6 Å². The van der Waals surface area contributed by atoms with Crippen molar-refractivity contribution in [2.24, 2.45) is 0 Å². The SMILES string of the molecule is CCCCCCCCn1c(SCc2ccc(C(C)(C)C)cc2)nc2cc(OC)c(OC)cc2c1=N. The molecule has 5 nitrogen and oxygen atoms in total. The average molecular weight is 496 g/mol. The van der Waals surface area contributed by atoms with Crippen LogP contribution in [-0.2, 0) is 17.7 Å². The summed E-state index contributed by atoms with van der Waals surface area (Å²) in [6, 6.07) is 12.6. The van der Waals surface area contributed by atoms with E-state index in [-0.39, 0.29) is 5.41 Å². The molecule has 6 heteroatoms. The summed E-state index contributed by atoms with van der Waals surface area (Å²) >= 11 is 1.70. The molecule has 2 aromatic carbocycles. The smallest absolute Gasteiger partial charge is 0.170 e. The Morgan fingerprint density at radius 1 is 0.914 bits per heavy atom. The second-order valence-corrected chi connectivity index (χ2v) is 11.1. The Labute approximate surface area is 214 Å². The van der Waals surface area contributed by atoms with Crippen LogP contribution in [0.2, 0.25) is 0 Å². The third kappa shape index (κ3) is 7.03. The Kier molecular flexibility index (Phi) is 9.67. The van der Waals surface area contributed by atoms with Gasteiger partial charge < -0.3 is 14.0 Å². The first-order chi connectivity index (χ1) is 16.8. The van der Waals surface area contributed by atoms with Crippen LogP contribution in [-0.4, -0.2) is 23.8 Å². The van der Waals surface area contributed by atoms with Gasteiger partial charge in [0.25, 0.3) is 0 Å². The predicted octanol–water partition coefficient (Wildman–Crippen LogP) is 7.48. The highest BCUT2D eigenvalue weighted by Crippen LogP contribution is 2.32. The normalized spacial score (nSPS) is 11.7. The maximum Gasteiger partial charge on any atom is 0.170 e. The number of methoxy groups -OCH3 is 2. The van der Waals surface area contributed by atoms with Gasteiger partial charge in [0.1, 0.15) is 5.49 Å². The fraction of sp³-hybridized carbons (Fsp3) is 0.517. The summed E-state index contributed by atoms with van der Waals surface area (Å²) in [5, 5.41) is 10.7. The molecule has 3 aromatic rings. The van der Waals surface area contributed by atoms with Crippen molar-refractivity contribution in [2.45, 2.75) is 89.1 Å². The highest BCUT2D eigenvalue weighted by Gasteiger charge is 2.15. The van der Waals surface area contributed by atoms with Gasteiger partial charge in [0.05, 0.1) is 19.7 Å². The lowest BCUT2D eigenvalue weighted by atomic mass is 9.87. The molecular formula is C29H41N3O2S. The molecule has 0 bridgehead atoms. The number of nitrogens with one attached hydrogen (secondary N) is 1. The Bertz CT molecular complexity index is 1160. The van der Waals surface area contributed by atoms with E-state index in [1.165, 1.54) is 43.2 Å². The van der Waals surface area contributed by atoms with Gasteiger partial charge in [-0.1, -0.05) is 95.8 Å². The topological polar surface area (TPSA) is 60.1 Å². The quantitative estimate of drug-likeness (QED) is 0.161. The van der Waals surface area contributed by atoms with Crippen LogP contribution in [0.3, 0.4) is 0 Å². The number of ether oxygens (including phenoxy) is 2. The zero-order valence-corrected chi connectivity index (χ0v) is 23.1. The van der Waals surface area contributed by atoms with Gasteiger partial charge in [-0.3, -0.25) is 5.41 Å². The number of fused-ring (bicyclic) bond motifs is 1. The summed E-state index contributed by atoms with van der Waals surface area (Å²) < 4.78 is 13.1. The molecule has 0 atom stereocenters. The summed E-state index contributed by atoms with van der Waals surface area (Å²) in [5.41, 5.74) is 3.98. The van der Waals surface area contributed by atoms with E-state index in [0.717, 1.165) is 34.8 Å². The number of hydrogen-bond acceptors (Lipinski definition) is 5. The molecule has 0 aliphatic carbocycles. The van der Waals surface area contributed by atoms with E-state index in [1.54, 1.807) is 26.0 Å². The van der Waals surface area contributed by atoms with Crippen molar-refractivity contribution in [3.8, 4) is 11.5 Å². The van der Waals surface area contributed by atoms with Crippen molar-refractivity contribution in [1.82, 2.24) is 9.55 Å². The third-order valence-electron chi connectivity index (χ3n) is 6.40. The van der Waals surface area contributed by atoms with Gasteiger partial charge in [-0.05, 0) is 29.0 Å². The second kappa shape index (κ2) is 12.5. The summed E-state index contributed by atoms with van der Waals surface area (Å²) in [4.78, 5) is 4.99. The number of aromatic nitrogens is 2. The second-order valence-electron chi connectivity index (χ2n) is 10.1. The van der Waals surface area contributed by atoms with Crippen molar-refractivity contribution >= 4 is 22.7 Å². The summed E-state index contributed by atoms with van der Waals surface area (Å²) in [7, 11) is 3.25. The minimum Gasteiger partial charge on any atom is -0.493 e. The molecule has 0 amide bonds. The number of nitrogens with zero attached hydrogens (tertiary/aromatic N) is 2. The highest BCUT2D eigenvalue weighted by molar-refractivity contribution is 7.98. The molecule has 0 unspecified atom stereocenters. The van der Waals surface area contributed by atoms with Crippen molar-refractivity contribution in [1.29, 1.82) is 5.41 Å². The molecule has 0 radical (unpaired) electrons. The number of thioether (sulfide) groups is 1. The average Bonchev–Trinajstić information content (AvgIpc) is 2.85. The molecular weight excluding hydrogens is 454 g/mol. The molecule has 0 aliphatic heterocycles.